The van der Waals surface area contributed by atoms with E-state index in [1.807, 2.05) is 7.05 Å². The first-order valence-electron chi connectivity index (χ1n) is 8.59. The van der Waals surface area contributed by atoms with Crippen molar-refractivity contribution in [2.75, 3.05) is 13.6 Å². The van der Waals surface area contributed by atoms with E-state index < -0.39 is 4.92 Å². The van der Waals surface area contributed by atoms with Crippen LogP contribution in [-0.2, 0) is 13.0 Å². The zero-order valence-corrected chi connectivity index (χ0v) is 18.5. The fraction of sp³-hybridized carbons (Fsp3) is 0.211. The highest BCUT2D eigenvalue weighted by Crippen LogP contribution is 2.33. The van der Waals surface area contributed by atoms with Crippen molar-refractivity contribution in [3.8, 4) is 0 Å². The molecule has 0 bridgehead atoms. The molecular formula is C19H16Br2N4O4. The topological polar surface area (TPSA) is 102 Å². The predicted octanol–water partition coefficient (Wildman–Crippen LogP) is 5.25. The van der Waals surface area contributed by atoms with Gasteiger partial charge in [0.1, 0.15) is 0 Å². The summed E-state index contributed by atoms with van der Waals surface area (Å²) in [5.41, 5.74) is 2.25. The zero-order chi connectivity index (χ0) is 21.1. The number of benzene rings is 2. The highest BCUT2D eigenvalue weighted by atomic mass is 79.9. The summed E-state index contributed by atoms with van der Waals surface area (Å²) < 4.78 is 1.82. The number of halogens is 2. The number of rotatable bonds is 2. The van der Waals surface area contributed by atoms with Crippen LogP contribution in [-0.4, -0.2) is 33.3 Å². The molecule has 150 valence electrons. The fourth-order valence-corrected chi connectivity index (χ4v) is 4.27. The minimum atomic E-state index is -0.406. The largest absolute Gasteiger partial charge is 0.302 e. The summed E-state index contributed by atoms with van der Waals surface area (Å²) in [5.74, 6) is 0. The molecule has 29 heavy (non-hydrogen) atoms. The van der Waals surface area contributed by atoms with Gasteiger partial charge in [-0.05, 0) is 37.2 Å². The van der Waals surface area contributed by atoms with Crippen LogP contribution in [0, 0.1) is 20.2 Å². The molecular weight excluding hydrogens is 508 g/mol. The van der Waals surface area contributed by atoms with Crippen LogP contribution in [0.2, 0.25) is 0 Å². The standard InChI is InChI=1S/C10H11BrN2O2.C9H5BrN2O2/c1-12-5-4-7-8(6-12)10(13(14)15)3-2-9(7)11;10-8-1-2-9(12(13)14)7-5-11-4-3-6(7)8/h2-3H,4-6H2,1H3;1-5H. The highest BCUT2D eigenvalue weighted by molar-refractivity contribution is 9.11. The van der Waals surface area contributed by atoms with Crippen molar-refractivity contribution in [1.82, 2.24) is 9.88 Å². The third-order valence-electron chi connectivity index (χ3n) is 4.66. The summed E-state index contributed by atoms with van der Waals surface area (Å²) >= 11 is 6.77. The molecule has 0 fully saturated rings. The SMILES string of the molecule is CN1CCc2c(Br)ccc([N+](=O)[O-])c2C1.O=[N+]([O-])c1ccc(Br)c2ccncc12. The molecule has 10 heteroatoms. The summed E-state index contributed by atoms with van der Waals surface area (Å²) in [5, 5.41) is 22.9. The molecule has 0 spiro atoms. The molecule has 3 aromatic rings. The number of nitro benzene ring substituents is 2. The van der Waals surface area contributed by atoms with Gasteiger partial charge in [-0.15, -0.1) is 0 Å². The first-order chi connectivity index (χ1) is 13.8. The van der Waals surface area contributed by atoms with E-state index in [9.17, 15) is 20.2 Å². The Bertz CT molecular complexity index is 1110. The second-order valence-electron chi connectivity index (χ2n) is 6.51. The third kappa shape index (κ3) is 4.60. The van der Waals surface area contributed by atoms with E-state index >= 15 is 0 Å². The number of nitrogens with zero attached hydrogens (tertiary/aromatic N) is 4. The van der Waals surface area contributed by atoms with Gasteiger partial charge in [0.05, 0.1) is 15.2 Å². The first-order valence-corrected chi connectivity index (χ1v) is 10.2. The van der Waals surface area contributed by atoms with E-state index in [0.717, 1.165) is 38.4 Å². The minimum Gasteiger partial charge on any atom is -0.302 e. The Morgan fingerprint density at radius 1 is 0.931 bits per heavy atom. The van der Waals surface area contributed by atoms with Crippen molar-refractivity contribution in [3.63, 3.8) is 0 Å². The number of hydrogen-bond donors (Lipinski definition) is 0. The lowest BCUT2D eigenvalue weighted by molar-refractivity contribution is -0.385. The van der Waals surface area contributed by atoms with E-state index in [-0.39, 0.29) is 16.3 Å². The third-order valence-corrected chi connectivity index (χ3v) is 6.09. The number of hydrogen-bond acceptors (Lipinski definition) is 6. The Morgan fingerprint density at radius 2 is 1.59 bits per heavy atom. The van der Waals surface area contributed by atoms with Crippen molar-refractivity contribution in [1.29, 1.82) is 0 Å². The maximum Gasteiger partial charge on any atom is 0.278 e. The number of likely N-dealkylation sites (N-methyl/N-ethyl adjacent to an activating group) is 1. The number of aromatic nitrogens is 1. The summed E-state index contributed by atoms with van der Waals surface area (Å²) in [6.07, 6.45) is 3.98. The average molecular weight is 524 g/mol. The minimum absolute atomic E-state index is 0.0799. The van der Waals surface area contributed by atoms with Gasteiger partial charge in [-0.25, -0.2) is 0 Å². The van der Waals surface area contributed by atoms with Crippen molar-refractivity contribution in [2.45, 2.75) is 13.0 Å². The van der Waals surface area contributed by atoms with Gasteiger partial charge in [0.15, 0.2) is 0 Å². The Balaban J connectivity index is 0.000000166. The molecule has 0 radical (unpaired) electrons. The molecule has 1 aromatic heterocycles. The molecule has 0 amide bonds. The molecule has 1 aliphatic heterocycles. The van der Waals surface area contributed by atoms with Crippen LogP contribution in [0.4, 0.5) is 11.4 Å². The fourth-order valence-electron chi connectivity index (χ4n) is 3.22. The van der Waals surface area contributed by atoms with Gasteiger partial charge < -0.3 is 4.90 Å². The Hall–Kier alpha value is -2.43. The molecule has 2 aromatic carbocycles. The lowest BCUT2D eigenvalue weighted by atomic mass is 9.98. The Kier molecular flexibility index (Phi) is 6.56. The normalized spacial score (nSPS) is 13.3. The number of non-ortho nitro benzene ring substituents is 1. The van der Waals surface area contributed by atoms with Crippen molar-refractivity contribution < 1.29 is 9.85 Å². The summed E-state index contributed by atoms with van der Waals surface area (Å²) in [6.45, 7) is 1.61. The van der Waals surface area contributed by atoms with Crippen molar-refractivity contribution >= 4 is 54.0 Å². The molecule has 8 nitrogen and oxygen atoms in total. The Labute approximate surface area is 183 Å². The molecule has 0 saturated heterocycles. The summed E-state index contributed by atoms with van der Waals surface area (Å²) in [4.78, 5) is 26.8. The van der Waals surface area contributed by atoms with Gasteiger partial charge in [0.2, 0.25) is 0 Å². The van der Waals surface area contributed by atoms with Crippen LogP contribution in [0.1, 0.15) is 11.1 Å². The lowest BCUT2D eigenvalue weighted by Gasteiger charge is -2.25. The van der Waals surface area contributed by atoms with Crippen molar-refractivity contribution in [3.05, 3.63) is 83.0 Å². The lowest BCUT2D eigenvalue weighted by Crippen LogP contribution is -2.27. The number of pyridine rings is 1. The summed E-state index contributed by atoms with van der Waals surface area (Å²) in [6, 6.07) is 8.21. The van der Waals surface area contributed by atoms with Crippen LogP contribution < -0.4 is 0 Å². The smallest absolute Gasteiger partial charge is 0.278 e. The van der Waals surface area contributed by atoms with Crippen LogP contribution >= 0.6 is 31.9 Å². The van der Waals surface area contributed by atoms with Gasteiger partial charge in [-0.1, -0.05) is 31.9 Å². The van der Waals surface area contributed by atoms with Crippen LogP contribution in [0.5, 0.6) is 0 Å². The molecule has 4 rings (SSSR count). The second kappa shape index (κ2) is 8.93. The van der Waals surface area contributed by atoms with Crippen molar-refractivity contribution in [2.24, 2.45) is 0 Å². The van der Waals surface area contributed by atoms with Gasteiger partial charge in [0.25, 0.3) is 11.4 Å². The zero-order valence-electron chi connectivity index (χ0n) is 15.3. The maximum atomic E-state index is 10.9. The molecule has 0 atom stereocenters. The molecule has 0 N–H and O–H groups in total. The summed E-state index contributed by atoms with van der Waals surface area (Å²) in [7, 11) is 1.98. The Morgan fingerprint density at radius 3 is 2.28 bits per heavy atom. The highest BCUT2D eigenvalue weighted by Gasteiger charge is 2.24. The monoisotopic (exact) mass is 522 g/mol. The van der Waals surface area contributed by atoms with E-state index in [1.165, 1.54) is 12.3 Å². The maximum absolute atomic E-state index is 10.9. The van der Waals surface area contributed by atoms with Gasteiger partial charge in [-0.2, -0.15) is 0 Å². The van der Waals surface area contributed by atoms with Crippen LogP contribution in [0.3, 0.4) is 0 Å². The van der Waals surface area contributed by atoms with E-state index in [1.54, 1.807) is 30.5 Å². The molecule has 2 heterocycles. The average Bonchev–Trinajstić information content (AvgIpc) is 2.68. The predicted molar refractivity (Wildman–Crippen MR) is 117 cm³/mol. The number of nitro groups is 2. The molecule has 0 saturated carbocycles. The molecule has 0 unspecified atom stereocenters. The van der Waals surface area contributed by atoms with Gasteiger partial charge >= 0.3 is 0 Å². The van der Waals surface area contributed by atoms with Crippen LogP contribution in [0.15, 0.2) is 51.7 Å². The number of fused-ring (bicyclic) bond motifs is 2. The molecule has 0 aliphatic carbocycles. The van der Waals surface area contributed by atoms with Gasteiger partial charge in [0, 0.05) is 57.5 Å². The quantitative estimate of drug-likeness (QED) is 0.335. The van der Waals surface area contributed by atoms with Crippen LogP contribution in [0.25, 0.3) is 10.8 Å². The second-order valence-corrected chi connectivity index (χ2v) is 8.22. The van der Waals surface area contributed by atoms with E-state index in [4.69, 9.17) is 0 Å². The van der Waals surface area contributed by atoms with E-state index in [0.29, 0.717) is 11.9 Å². The van der Waals surface area contributed by atoms with E-state index in [2.05, 4.69) is 41.7 Å². The molecule has 1 aliphatic rings. The first kappa shape index (κ1) is 21.3. The van der Waals surface area contributed by atoms with Gasteiger partial charge in [-0.3, -0.25) is 25.2 Å².